The lowest BCUT2D eigenvalue weighted by atomic mass is 9.95. The number of halogens is 6. The van der Waals surface area contributed by atoms with Crippen molar-refractivity contribution in [3.8, 4) is 0 Å². The van der Waals surface area contributed by atoms with Crippen LogP contribution in [0, 0.1) is 0 Å². The number of nitrogens with zero attached hydrogens (tertiary/aromatic N) is 2. The number of hydrazine groups is 1. The fourth-order valence-corrected chi connectivity index (χ4v) is 3.38. The second-order valence-electron chi connectivity index (χ2n) is 6.40. The minimum atomic E-state index is -0.974. The van der Waals surface area contributed by atoms with Crippen LogP contribution in [0.2, 0.25) is 15.1 Å². The molecular weight excluding hydrogens is 489 g/mol. The van der Waals surface area contributed by atoms with Crippen molar-refractivity contribution in [1.29, 1.82) is 0 Å². The molecule has 0 radical (unpaired) electrons. The predicted molar refractivity (Wildman–Crippen MR) is 118 cm³/mol. The third kappa shape index (κ3) is 6.39. The Kier molecular flexibility index (Phi) is 9.36. The molecule has 0 unspecified atom stereocenters. The van der Waals surface area contributed by atoms with Crippen LogP contribution in [0.25, 0.3) is 0 Å². The number of amides is 1. The number of rotatable bonds is 6. The Morgan fingerprint density at radius 1 is 0.857 bits per heavy atom. The third-order valence-corrected chi connectivity index (χ3v) is 5.37. The monoisotopic (exact) mass is 502 g/mol. The van der Waals surface area contributed by atoms with Gasteiger partial charge in [-0.3, -0.25) is 9.59 Å². The molecule has 4 nitrogen and oxygen atoms in total. The molecule has 28 heavy (non-hydrogen) atoms. The van der Waals surface area contributed by atoms with Crippen molar-refractivity contribution in [3.05, 3.63) is 68.7 Å². The molecule has 1 amide bonds. The van der Waals surface area contributed by atoms with Gasteiger partial charge < -0.3 is 0 Å². The molecule has 0 fully saturated rings. The number of hydrogen-bond acceptors (Lipinski definition) is 3. The van der Waals surface area contributed by atoms with Crippen molar-refractivity contribution in [1.82, 2.24) is 9.06 Å². The summed E-state index contributed by atoms with van der Waals surface area (Å²) in [5.41, 5.74) is -0.336. The predicted octanol–water partition coefficient (Wildman–Crippen LogP) is 7.09. The van der Waals surface area contributed by atoms with E-state index in [-0.39, 0.29) is 40.2 Å². The van der Waals surface area contributed by atoms with E-state index in [1.165, 1.54) is 18.2 Å². The van der Waals surface area contributed by atoms with Crippen LogP contribution in [0.5, 0.6) is 0 Å². The topological polar surface area (TPSA) is 40.6 Å². The van der Waals surface area contributed by atoms with Crippen molar-refractivity contribution in [2.75, 3.05) is 0 Å². The normalized spacial score (nSPS) is 11.1. The van der Waals surface area contributed by atoms with Gasteiger partial charge in [-0.15, -0.1) is 16.9 Å². The first kappa shape index (κ1) is 25.3. The zero-order chi connectivity index (χ0) is 20.4. The average molecular weight is 505 g/mol. The molecule has 2 aromatic rings. The maximum Gasteiger partial charge on any atom is 0.284 e. The first-order valence-corrected chi connectivity index (χ1v) is 9.53. The van der Waals surface area contributed by atoms with Crippen molar-refractivity contribution >= 4 is 82.5 Å². The van der Waals surface area contributed by atoms with Gasteiger partial charge >= 0.3 is 0 Å². The van der Waals surface area contributed by atoms with Gasteiger partial charge in [0.05, 0.1) is 5.54 Å². The summed E-state index contributed by atoms with van der Waals surface area (Å²) in [6.07, 6.45) is 0.00490. The lowest BCUT2D eigenvalue weighted by Gasteiger charge is -2.35. The molecular formula is C18H16Cl6N2O2. The highest BCUT2D eigenvalue weighted by molar-refractivity contribution is 6.35. The van der Waals surface area contributed by atoms with Gasteiger partial charge in [0.15, 0.2) is 5.78 Å². The van der Waals surface area contributed by atoms with Gasteiger partial charge in [0.1, 0.15) is 0 Å². The minimum absolute atomic E-state index is 0. The molecule has 0 bridgehead atoms. The molecule has 2 aromatic carbocycles. The van der Waals surface area contributed by atoms with E-state index in [0.717, 1.165) is 4.53 Å². The Labute approximate surface area is 194 Å². The Bertz CT molecular complexity index is 837. The fraction of sp³-hybridized carbons (Fsp3) is 0.222. The molecule has 0 aromatic heterocycles. The van der Waals surface area contributed by atoms with E-state index in [1.54, 1.807) is 38.1 Å². The molecule has 0 N–H and O–H groups in total. The van der Waals surface area contributed by atoms with Crippen LogP contribution >= 0.6 is 70.8 Å². The van der Waals surface area contributed by atoms with Gasteiger partial charge in [-0.05, 0) is 56.3 Å². The summed E-state index contributed by atoms with van der Waals surface area (Å²) in [7, 11) is 0. The van der Waals surface area contributed by atoms with E-state index >= 15 is 0 Å². The van der Waals surface area contributed by atoms with Crippen LogP contribution in [0.1, 0.15) is 41.0 Å². The molecule has 0 saturated heterocycles. The summed E-state index contributed by atoms with van der Waals surface area (Å²) < 4.78 is 1.66. The number of carbonyl (C=O) groups is 2. The van der Waals surface area contributed by atoms with E-state index in [4.69, 9.17) is 58.4 Å². The van der Waals surface area contributed by atoms with Crippen LogP contribution in [-0.2, 0) is 0 Å². The molecule has 2 rings (SSSR count). The van der Waals surface area contributed by atoms with E-state index < -0.39 is 11.4 Å². The third-order valence-electron chi connectivity index (χ3n) is 3.69. The van der Waals surface area contributed by atoms with E-state index in [9.17, 15) is 9.59 Å². The number of benzene rings is 2. The lowest BCUT2D eigenvalue weighted by Crippen LogP contribution is -2.48. The molecule has 0 aliphatic heterocycles. The fourth-order valence-electron chi connectivity index (χ4n) is 2.30. The highest BCUT2D eigenvalue weighted by Gasteiger charge is 2.35. The second-order valence-corrected chi connectivity index (χ2v) is 8.35. The van der Waals surface area contributed by atoms with Gasteiger partial charge in [-0.25, -0.2) is 0 Å². The van der Waals surface area contributed by atoms with Gasteiger partial charge in [-0.2, -0.15) is 4.53 Å². The van der Waals surface area contributed by atoms with Crippen molar-refractivity contribution < 1.29 is 9.59 Å². The maximum atomic E-state index is 12.6. The van der Waals surface area contributed by atoms with E-state index in [1.807, 2.05) is 0 Å². The number of ketones is 1. The first-order valence-electron chi connectivity index (χ1n) is 7.72. The molecule has 0 aliphatic carbocycles. The number of Topliss-reactive ketones (excluding diaryl/α,β-unsaturated/α-hetero) is 1. The molecule has 10 heteroatoms. The summed E-state index contributed by atoms with van der Waals surface area (Å²) in [4.78, 5) is 25.1. The summed E-state index contributed by atoms with van der Waals surface area (Å²) in [6, 6.07) is 10.8. The summed E-state index contributed by atoms with van der Waals surface area (Å²) in [5.74, 6) is -0.811. The minimum Gasteiger partial charge on any atom is -0.294 e. The standard InChI is InChI=1S/C18H15Cl5N2O2.ClH/c1-18(2,10-16(26)11-3-5-13(19)6-4-11)25(23)24(22)17(27)12-7-14(20)9-15(21)8-12;/h3-9H,10H2,1-2H3;1H. The largest absolute Gasteiger partial charge is 0.294 e. The van der Waals surface area contributed by atoms with Crippen molar-refractivity contribution in [2.24, 2.45) is 0 Å². The van der Waals surface area contributed by atoms with Crippen LogP contribution < -0.4 is 0 Å². The van der Waals surface area contributed by atoms with Crippen molar-refractivity contribution in [3.63, 3.8) is 0 Å². The molecule has 0 saturated carbocycles. The van der Waals surface area contributed by atoms with Crippen LogP contribution in [0.3, 0.4) is 0 Å². The Morgan fingerprint density at radius 2 is 1.36 bits per heavy atom. The molecule has 0 spiro atoms. The Hall–Kier alpha value is -0.720. The lowest BCUT2D eigenvalue weighted by molar-refractivity contribution is 0.0374. The first-order chi connectivity index (χ1) is 12.5. The quantitative estimate of drug-likeness (QED) is 0.239. The summed E-state index contributed by atoms with van der Waals surface area (Å²) in [5, 5.41) is 1.10. The van der Waals surface area contributed by atoms with Crippen LogP contribution in [-0.4, -0.2) is 26.3 Å². The van der Waals surface area contributed by atoms with Gasteiger partial charge in [-0.1, -0.05) is 34.8 Å². The molecule has 152 valence electrons. The molecule has 0 aliphatic rings. The van der Waals surface area contributed by atoms with Crippen LogP contribution in [0.4, 0.5) is 0 Å². The van der Waals surface area contributed by atoms with Gasteiger partial charge in [0.2, 0.25) is 0 Å². The second kappa shape index (κ2) is 10.4. The van der Waals surface area contributed by atoms with Gasteiger partial charge in [0.25, 0.3) is 5.91 Å². The smallest absolute Gasteiger partial charge is 0.284 e. The number of carbonyl (C=O) groups excluding carboxylic acids is 2. The van der Waals surface area contributed by atoms with Crippen molar-refractivity contribution in [2.45, 2.75) is 25.8 Å². The molecule has 0 heterocycles. The van der Waals surface area contributed by atoms with Gasteiger partial charge in [0, 0.05) is 56.2 Å². The molecule has 0 atom stereocenters. The Morgan fingerprint density at radius 3 is 1.86 bits per heavy atom. The zero-order valence-electron chi connectivity index (χ0n) is 14.8. The maximum absolute atomic E-state index is 12.6. The number of hydrogen-bond donors (Lipinski definition) is 0. The summed E-state index contributed by atoms with van der Waals surface area (Å²) in [6.45, 7) is 3.36. The van der Waals surface area contributed by atoms with Crippen LogP contribution in [0.15, 0.2) is 42.5 Å². The average Bonchev–Trinajstić information content (AvgIpc) is 2.59. The highest BCUT2D eigenvalue weighted by Crippen LogP contribution is 2.29. The SMILES string of the molecule is CC(C)(CC(=O)c1ccc(Cl)cc1)N(Cl)N(Cl)C(=O)c1cc(Cl)cc(Cl)c1.Cl. The van der Waals surface area contributed by atoms with E-state index in [0.29, 0.717) is 15.1 Å². The summed E-state index contributed by atoms with van der Waals surface area (Å²) >= 11 is 30.1. The highest BCUT2D eigenvalue weighted by atomic mass is 35.5. The van der Waals surface area contributed by atoms with E-state index in [2.05, 4.69) is 0 Å². The Balaban J connectivity index is 0.00000392. The zero-order valence-corrected chi connectivity index (χ0v) is 19.4.